The number of hydrogen-bond donors (Lipinski definition) is 0. The predicted octanol–water partition coefficient (Wildman–Crippen LogP) is 3.68. The van der Waals surface area contributed by atoms with Crippen LogP contribution in [-0.4, -0.2) is 7.11 Å². The van der Waals surface area contributed by atoms with Crippen molar-refractivity contribution in [2.24, 2.45) is 0 Å². The third-order valence-corrected chi connectivity index (χ3v) is 2.07. The van der Waals surface area contributed by atoms with Crippen LogP contribution in [0.2, 0.25) is 0 Å². The van der Waals surface area contributed by atoms with Crippen LogP contribution < -0.4 is 4.74 Å². The molecule has 0 atom stereocenters. The first-order valence-corrected chi connectivity index (χ1v) is 4.42. The standard InChI is InChI=1S/C11H12F3O/c1-7(2)9-6-8(11(12,13)14)4-5-10(9)15-3/h4-6H,1-3H3. The molecule has 0 bridgehead atoms. The van der Waals surface area contributed by atoms with Crippen molar-refractivity contribution < 1.29 is 17.9 Å². The first-order chi connectivity index (χ1) is 6.86. The molecule has 1 aromatic carbocycles. The minimum Gasteiger partial charge on any atom is -0.496 e. The summed E-state index contributed by atoms with van der Waals surface area (Å²) in [5.74, 6) is 1.25. The topological polar surface area (TPSA) is 9.23 Å². The van der Waals surface area contributed by atoms with Crippen molar-refractivity contribution in [2.45, 2.75) is 20.0 Å². The zero-order valence-corrected chi connectivity index (χ0v) is 8.77. The van der Waals surface area contributed by atoms with E-state index in [2.05, 4.69) is 0 Å². The number of hydrogen-bond acceptors (Lipinski definition) is 1. The minimum atomic E-state index is -4.31. The summed E-state index contributed by atoms with van der Waals surface area (Å²) in [6.07, 6.45) is -4.31. The minimum absolute atomic E-state index is 0.461. The number of methoxy groups -OCH3 is 1. The lowest BCUT2D eigenvalue weighted by Crippen LogP contribution is -2.06. The molecule has 1 rings (SSSR count). The lowest BCUT2D eigenvalue weighted by atomic mass is 9.99. The van der Waals surface area contributed by atoms with Gasteiger partial charge in [0.2, 0.25) is 0 Å². The molecule has 1 aromatic rings. The van der Waals surface area contributed by atoms with Gasteiger partial charge in [0.25, 0.3) is 0 Å². The van der Waals surface area contributed by atoms with E-state index in [4.69, 9.17) is 4.74 Å². The van der Waals surface area contributed by atoms with Gasteiger partial charge in [0, 0.05) is 11.5 Å². The van der Waals surface area contributed by atoms with Crippen LogP contribution in [0.15, 0.2) is 18.2 Å². The molecule has 0 N–H and O–H groups in total. The van der Waals surface area contributed by atoms with Crippen LogP contribution in [0, 0.1) is 5.92 Å². The maximum atomic E-state index is 12.4. The Hall–Kier alpha value is -1.19. The number of halogens is 3. The Bertz CT molecular complexity index is 342. The van der Waals surface area contributed by atoms with Gasteiger partial charge < -0.3 is 4.74 Å². The molecule has 0 amide bonds. The number of alkyl halides is 3. The van der Waals surface area contributed by atoms with Gasteiger partial charge in [-0.15, -0.1) is 0 Å². The van der Waals surface area contributed by atoms with Crippen molar-refractivity contribution in [1.82, 2.24) is 0 Å². The molecule has 83 valence electrons. The Morgan fingerprint density at radius 1 is 1.20 bits per heavy atom. The molecular formula is C11H12F3O. The first-order valence-electron chi connectivity index (χ1n) is 4.42. The quantitative estimate of drug-likeness (QED) is 0.734. The van der Waals surface area contributed by atoms with E-state index in [1.54, 1.807) is 13.8 Å². The largest absolute Gasteiger partial charge is 0.496 e. The lowest BCUT2D eigenvalue weighted by Gasteiger charge is -2.14. The molecule has 0 unspecified atom stereocenters. The number of rotatable bonds is 2. The molecule has 1 nitrogen and oxygen atoms in total. The molecule has 15 heavy (non-hydrogen) atoms. The maximum Gasteiger partial charge on any atom is 0.416 e. The summed E-state index contributed by atoms with van der Waals surface area (Å²) < 4.78 is 42.2. The van der Waals surface area contributed by atoms with E-state index in [-0.39, 0.29) is 0 Å². The van der Waals surface area contributed by atoms with Gasteiger partial charge in [-0.25, -0.2) is 0 Å². The highest BCUT2D eigenvalue weighted by atomic mass is 19.4. The summed E-state index contributed by atoms with van der Waals surface area (Å²) in [6, 6.07) is 3.46. The van der Waals surface area contributed by atoms with Crippen molar-refractivity contribution in [3.05, 3.63) is 35.2 Å². The lowest BCUT2D eigenvalue weighted by molar-refractivity contribution is -0.137. The smallest absolute Gasteiger partial charge is 0.416 e. The third-order valence-electron chi connectivity index (χ3n) is 2.07. The zero-order chi connectivity index (χ0) is 11.6. The van der Waals surface area contributed by atoms with Gasteiger partial charge in [0.1, 0.15) is 5.75 Å². The van der Waals surface area contributed by atoms with E-state index in [1.165, 1.54) is 13.2 Å². The maximum absolute atomic E-state index is 12.4. The molecule has 1 radical (unpaired) electrons. The van der Waals surface area contributed by atoms with Crippen LogP contribution in [-0.2, 0) is 6.18 Å². The monoisotopic (exact) mass is 217 g/mol. The van der Waals surface area contributed by atoms with Crippen molar-refractivity contribution in [3.63, 3.8) is 0 Å². The molecule has 0 saturated heterocycles. The molecule has 0 aromatic heterocycles. The summed E-state index contributed by atoms with van der Waals surface area (Å²) in [4.78, 5) is 0. The molecule has 4 heteroatoms. The number of ether oxygens (including phenoxy) is 1. The highest BCUT2D eigenvalue weighted by Crippen LogP contribution is 2.34. The van der Waals surface area contributed by atoms with Crippen LogP contribution in [0.4, 0.5) is 13.2 Å². The Balaban J connectivity index is 3.22. The molecule has 0 heterocycles. The Labute approximate surface area is 86.9 Å². The van der Waals surface area contributed by atoms with E-state index in [0.29, 0.717) is 11.3 Å². The highest BCUT2D eigenvalue weighted by molar-refractivity contribution is 5.45. The van der Waals surface area contributed by atoms with Crippen molar-refractivity contribution in [2.75, 3.05) is 7.11 Å². The van der Waals surface area contributed by atoms with E-state index in [1.807, 2.05) is 0 Å². The highest BCUT2D eigenvalue weighted by Gasteiger charge is 2.31. The summed E-state index contributed by atoms with van der Waals surface area (Å²) >= 11 is 0. The molecule has 0 saturated carbocycles. The summed E-state index contributed by atoms with van der Waals surface area (Å²) in [5.41, 5.74) is -0.160. The van der Waals surface area contributed by atoms with Gasteiger partial charge >= 0.3 is 6.18 Å². The zero-order valence-electron chi connectivity index (χ0n) is 8.77. The van der Waals surface area contributed by atoms with Crippen molar-refractivity contribution >= 4 is 0 Å². The van der Waals surface area contributed by atoms with Crippen molar-refractivity contribution in [3.8, 4) is 5.75 Å². The fraction of sp³-hybridized carbons (Fsp3) is 0.364. The van der Waals surface area contributed by atoms with Crippen LogP contribution in [0.5, 0.6) is 5.75 Å². The van der Waals surface area contributed by atoms with E-state index < -0.39 is 11.7 Å². The van der Waals surface area contributed by atoms with Crippen LogP contribution >= 0.6 is 0 Å². The number of benzene rings is 1. The van der Waals surface area contributed by atoms with Crippen LogP contribution in [0.3, 0.4) is 0 Å². The molecular weight excluding hydrogens is 205 g/mol. The molecule has 0 aliphatic heterocycles. The average molecular weight is 217 g/mol. The first kappa shape index (κ1) is 11.9. The Morgan fingerprint density at radius 2 is 1.80 bits per heavy atom. The summed E-state index contributed by atoms with van der Waals surface area (Å²) in [5, 5.41) is 0. The van der Waals surface area contributed by atoms with Gasteiger partial charge in [-0.3, -0.25) is 0 Å². The molecule has 0 aliphatic carbocycles. The normalized spacial score (nSPS) is 11.9. The SMILES string of the molecule is COc1ccc(C(F)(F)F)cc1[C](C)C. The van der Waals surface area contributed by atoms with Gasteiger partial charge in [0.05, 0.1) is 12.7 Å². The Kier molecular flexibility index (Phi) is 3.27. The van der Waals surface area contributed by atoms with E-state index in [0.717, 1.165) is 18.1 Å². The average Bonchev–Trinajstić information content (AvgIpc) is 2.15. The molecule has 0 fully saturated rings. The van der Waals surface area contributed by atoms with Gasteiger partial charge in [-0.1, -0.05) is 13.8 Å². The van der Waals surface area contributed by atoms with Gasteiger partial charge in [-0.05, 0) is 18.2 Å². The van der Waals surface area contributed by atoms with Gasteiger partial charge in [0.15, 0.2) is 0 Å². The van der Waals surface area contributed by atoms with Crippen molar-refractivity contribution in [1.29, 1.82) is 0 Å². The Morgan fingerprint density at radius 3 is 2.20 bits per heavy atom. The second-order valence-electron chi connectivity index (χ2n) is 3.41. The fourth-order valence-corrected chi connectivity index (χ4v) is 1.28. The van der Waals surface area contributed by atoms with E-state index >= 15 is 0 Å². The molecule has 0 spiro atoms. The van der Waals surface area contributed by atoms with E-state index in [9.17, 15) is 13.2 Å². The molecule has 0 aliphatic rings. The van der Waals surface area contributed by atoms with Crippen LogP contribution in [0.1, 0.15) is 25.0 Å². The second kappa shape index (κ2) is 4.13. The van der Waals surface area contributed by atoms with Gasteiger partial charge in [-0.2, -0.15) is 13.2 Å². The fourth-order valence-electron chi connectivity index (χ4n) is 1.28. The second-order valence-corrected chi connectivity index (χ2v) is 3.41. The summed E-state index contributed by atoms with van der Waals surface area (Å²) in [7, 11) is 1.44. The third kappa shape index (κ3) is 2.64. The predicted molar refractivity (Wildman–Crippen MR) is 51.7 cm³/mol. The summed E-state index contributed by atoms with van der Waals surface area (Å²) in [6.45, 7) is 3.50. The van der Waals surface area contributed by atoms with Crippen LogP contribution in [0.25, 0.3) is 0 Å².